The van der Waals surface area contributed by atoms with Gasteiger partial charge in [0, 0.05) is 35.6 Å². The van der Waals surface area contributed by atoms with E-state index in [1.54, 1.807) is 0 Å². The molecule has 1 heterocycles. The summed E-state index contributed by atoms with van der Waals surface area (Å²) >= 11 is 0. The van der Waals surface area contributed by atoms with Gasteiger partial charge < -0.3 is 4.57 Å². The lowest BCUT2D eigenvalue weighted by atomic mass is 10.1. The van der Waals surface area contributed by atoms with Gasteiger partial charge in [0.2, 0.25) is 0 Å². The molecule has 2 nitrogen and oxygen atoms in total. The summed E-state index contributed by atoms with van der Waals surface area (Å²) in [5.74, 6) is 0.244. The topological polar surface area (TPSA) is 22.0 Å². The van der Waals surface area contributed by atoms with E-state index in [0.717, 1.165) is 23.9 Å². The molecule has 0 fully saturated rings. The third-order valence-corrected chi connectivity index (χ3v) is 2.91. The molecule has 2 aromatic rings. The number of ketones is 1. The van der Waals surface area contributed by atoms with Crippen LogP contribution in [0.15, 0.2) is 30.5 Å². The molecule has 2 heteroatoms. The van der Waals surface area contributed by atoms with Crippen molar-refractivity contribution in [1.82, 2.24) is 4.57 Å². The first-order chi connectivity index (χ1) is 7.76. The van der Waals surface area contributed by atoms with Gasteiger partial charge in [-0.3, -0.25) is 4.79 Å². The first-order valence-corrected chi connectivity index (χ1v) is 5.88. The van der Waals surface area contributed by atoms with Crippen molar-refractivity contribution in [2.75, 3.05) is 0 Å². The number of aromatic nitrogens is 1. The highest BCUT2D eigenvalue weighted by Gasteiger charge is 2.06. The fourth-order valence-corrected chi connectivity index (χ4v) is 2.02. The molecule has 0 aliphatic rings. The van der Waals surface area contributed by atoms with Crippen LogP contribution >= 0.6 is 0 Å². The average molecular weight is 215 g/mol. The zero-order valence-corrected chi connectivity index (χ0v) is 9.86. The minimum absolute atomic E-state index is 0.244. The molecule has 0 amide bonds. The Kier molecular flexibility index (Phi) is 3.09. The largest absolute Gasteiger partial charge is 0.348 e. The van der Waals surface area contributed by atoms with Crippen molar-refractivity contribution in [3.8, 4) is 0 Å². The lowest BCUT2D eigenvalue weighted by Gasteiger charge is -2.02. The number of benzene rings is 1. The predicted molar refractivity (Wildman–Crippen MR) is 66.9 cm³/mol. The number of hydrogen-bond acceptors (Lipinski definition) is 1. The van der Waals surface area contributed by atoms with Gasteiger partial charge in [-0.2, -0.15) is 0 Å². The number of aryl methyl sites for hydroxylation is 1. The van der Waals surface area contributed by atoms with Gasteiger partial charge in [-0.05, 0) is 37.6 Å². The fraction of sp³-hybridized carbons (Fsp3) is 0.357. The molecule has 84 valence electrons. The minimum atomic E-state index is 0.244. The Morgan fingerprint density at radius 1 is 1.25 bits per heavy atom. The highest BCUT2D eigenvalue weighted by molar-refractivity contribution is 5.99. The Balaban J connectivity index is 2.41. The second kappa shape index (κ2) is 4.52. The second-order valence-corrected chi connectivity index (χ2v) is 4.05. The van der Waals surface area contributed by atoms with Crippen molar-refractivity contribution >= 4 is 16.7 Å². The molecule has 0 atom stereocenters. The summed E-state index contributed by atoms with van der Waals surface area (Å²) in [6.45, 7) is 5.12. The summed E-state index contributed by atoms with van der Waals surface area (Å²) in [7, 11) is 0. The third-order valence-electron chi connectivity index (χ3n) is 2.91. The SMILES string of the molecule is CCCC(=O)c1ccc2c(ccn2CC)c1. The van der Waals surface area contributed by atoms with Crippen molar-refractivity contribution in [2.45, 2.75) is 33.2 Å². The van der Waals surface area contributed by atoms with Crippen molar-refractivity contribution in [3.63, 3.8) is 0 Å². The van der Waals surface area contributed by atoms with Gasteiger partial charge in [0.25, 0.3) is 0 Å². The fourth-order valence-electron chi connectivity index (χ4n) is 2.02. The van der Waals surface area contributed by atoms with E-state index >= 15 is 0 Å². The van der Waals surface area contributed by atoms with E-state index < -0.39 is 0 Å². The summed E-state index contributed by atoms with van der Waals surface area (Å²) in [6, 6.07) is 8.05. The van der Waals surface area contributed by atoms with Gasteiger partial charge in [0.05, 0.1) is 0 Å². The minimum Gasteiger partial charge on any atom is -0.348 e. The van der Waals surface area contributed by atoms with E-state index in [1.807, 2.05) is 25.1 Å². The maximum absolute atomic E-state index is 11.8. The van der Waals surface area contributed by atoms with Crippen LogP contribution in [-0.2, 0) is 6.54 Å². The number of nitrogens with zero attached hydrogens (tertiary/aromatic N) is 1. The van der Waals surface area contributed by atoms with Crippen LogP contribution in [-0.4, -0.2) is 10.4 Å². The van der Waals surface area contributed by atoms with E-state index in [2.05, 4.69) is 23.8 Å². The molecule has 0 spiro atoms. The number of rotatable bonds is 4. The lowest BCUT2D eigenvalue weighted by Crippen LogP contribution is -1.98. The molecule has 0 saturated carbocycles. The number of fused-ring (bicyclic) bond motifs is 1. The van der Waals surface area contributed by atoms with Crippen molar-refractivity contribution in [1.29, 1.82) is 0 Å². The van der Waals surface area contributed by atoms with Crippen LogP contribution in [0.1, 0.15) is 37.0 Å². The van der Waals surface area contributed by atoms with Gasteiger partial charge >= 0.3 is 0 Å². The standard InChI is InChI=1S/C14H17NO/c1-3-5-14(16)12-6-7-13-11(10-12)8-9-15(13)4-2/h6-10H,3-5H2,1-2H3. The normalized spacial score (nSPS) is 10.9. The Morgan fingerprint density at radius 2 is 2.06 bits per heavy atom. The van der Waals surface area contributed by atoms with Crippen LogP contribution in [0.5, 0.6) is 0 Å². The summed E-state index contributed by atoms with van der Waals surface area (Å²) in [5, 5.41) is 1.16. The van der Waals surface area contributed by atoms with Gasteiger partial charge in [-0.25, -0.2) is 0 Å². The molecule has 0 saturated heterocycles. The van der Waals surface area contributed by atoms with Crippen LogP contribution in [0, 0.1) is 0 Å². The smallest absolute Gasteiger partial charge is 0.162 e. The molecule has 1 aromatic heterocycles. The van der Waals surface area contributed by atoms with Crippen LogP contribution in [0.2, 0.25) is 0 Å². The van der Waals surface area contributed by atoms with Crippen LogP contribution < -0.4 is 0 Å². The van der Waals surface area contributed by atoms with Crippen molar-refractivity contribution < 1.29 is 4.79 Å². The molecular weight excluding hydrogens is 198 g/mol. The molecule has 0 N–H and O–H groups in total. The summed E-state index contributed by atoms with van der Waals surface area (Å²) < 4.78 is 2.18. The maximum atomic E-state index is 11.8. The van der Waals surface area contributed by atoms with Crippen molar-refractivity contribution in [3.05, 3.63) is 36.0 Å². The van der Waals surface area contributed by atoms with E-state index in [4.69, 9.17) is 0 Å². The molecule has 0 aliphatic carbocycles. The molecule has 0 radical (unpaired) electrons. The van der Waals surface area contributed by atoms with Gasteiger partial charge in [-0.1, -0.05) is 6.92 Å². The highest BCUT2D eigenvalue weighted by Crippen LogP contribution is 2.18. The predicted octanol–water partition coefficient (Wildman–Crippen LogP) is 3.64. The Bertz CT molecular complexity index is 510. The van der Waals surface area contributed by atoms with Gasteiger partial charge in [-0.15, -0.1) is 0 Å². The molecule has 0 aliphatic heterocycles. The summed E-state index contributed by atoms with van der Waals surface area (Å²) in [4.78, 5) is 11.8. The number of hydrogen-bond donors (Lipinski definition) is 0. The molecule has 16 heavy (non-hydrogen) atoms. The van der Waals surface area contributed by atoms with E-state index in [0.29, 0.717) is 6.42 Å². The van der Waals surface area contributed by atoms with Crippen LogP contribution in [0.25, 0.3) is 10.9 Å². The number of Topliss-reactive ketones (excluding diaryl/α,β-unsaturated/α-hetero) is 1. The molecule has 0 bridgehead atoms. The van der Waals surface area contributed by atoms with E-state index in [1.165, 1.54) is 5.52 Å². The first-order valence-electron chi connectivity index (χ1n) is 5.88. The second-order valence-electron chi connectivity index (χ2n) is 4.05. The maximum Gasteiger partial charge on any atom is 0.162 e. The van der Waals surface area contributed by atoms with E-state index in [-0.39, 0.29) is 5.78 Å². The Hall–Kier alpha value is -1.57. The Labute approximate surface area is 95.9 Å². The average Bonchev–Trinajstić information content (AvgIpc) is 2.71. The molecule has 1 aromatic carbocycles. The summed E-state index contributed by atoms with van der Waals surface area (Å²) in [5.41, 5.74) is 2.04. The first kappa shape index (κ1) is 10.9. The number of carbonyl (C=O) groups excluding carboxylic acids is 1. The van der Waals surface area contributed by atoms with Crippen LogP contribution in [0.3, 0.4) is 0 Å². The van der Waals surface area contributed by atoms with Crippen molar-refractivity contribution in [2.24, 2.45) is 0 Å². The lowest BCUT2D eigenvalue weighted by molar-refractivity contribution is 0.0982. The highest BCUT2D eigenvalue weighted by atomic mass is 16.1. The van der Waals surface area contributed by atoms with Gasteiger partial charge in [0.1, 0.15) is 0 Å². The number of carbonyl (C=O) groups is 1. The monoisotopic (exact) mass is 215 g/mol. The molecule has 0 unspecified atom stereocenters. The molecule has 2 rings (SSSR count). The Morgan fingerprint density at radius 3 is 2.75 bits per heavy atom. The zero-order chi connectivity index (χ0) is 11.5. The quantitative estimate of drug-likeness (QED) is 0.714. The molecular formula is C14H17NO. The van der Waals surface area contributed by atoms with Crippen LogP contribution in [0.4, 0.5) is 0 Å². The zero-order valence-electron chi connectivity index (χ0n) is 9.86. The van der Waals surface area contributed by atoms with E-state index in [9.17, 15) is 4.79 Å². The van der Waals surface area contributed by atoms with Gasteiger partial charge in [0.15, 0.2) is 5.78 Å². The third kappa shape index (κ3) is 1.87. The summed E-state index contributed by atoms with van der Waals surface area (Å²) in [6.07, 6.45) is 3.62.